The topological polar surface area (TPSA) is 87.4 Å². The van der Waals surface area contributed by atoms with Crippen molar-refractivity contribution in [2.75, 3.05) is 45.0 Å². The standard InChI is InChI=1S/C23H32N6O/c24-21-4-3-18-19(27-21)1-2-20(26-18)22(30)25-17-5-11-28(12-6-17)15-16-29-13-9-23(7-8-23)10-14-29/h1-4,17H,5-16H2,(H2,24,27)(H,25,30). The fourth-order valence-electron chi connectivity index (χ4n) is 4.92. The number of carbonyl (C=O) groups excluding carboxylic acids is 1. The summed E-state index contributed by atoms with van der Waals surface area (Å²) >= 11 is 0. The molecule has 4 heterocycles. The van der Waals surface area contributed by atoms with Gasteiger partial charge in [0.25, 0.3) is 5.91 Å². The van der Waals surface area contributed by atoms with Gasteiger partial charge >= 0.3 is 0 Å². The van der Waals surface area contributed by atoms with Gasteiger partial charge in [-0.2, -0.15) is 0 Å². The summed E-state index contributed by atoms with van der Waals surface area (Å²) in [6.07, 6.45) is 7.77. The van der Waals surface area contributed by atoms with Crippen LogP contribution in [0.1, 0.15) is 49.0 Å². The van der Waals surface area contributed by atoms with Crippen LogP contribution >= 0.6 is 0 Å². The quantitative estimate of drug-likeness (QED) is 0.789. The molecular weight excluding hydrogens is 376 g/mol. The molecule has 1 aliphatic carbocycles. The Balaban J connectivity index is 1.07. The highest BCUT2D eigenvalue weighted by Gasteiger charge is 2.44. The number of anilines is 1. The van der Waals surface area contributed by atoms with Crippen LogP contribution in [0.25, 0.3) is 11.0 Å². The van der Waals surface area contributed by atoms with E-state index in [9.17, 15) is 4.79 Å². The number of hydrogen-bond acceptors (Lipinski definition) is 6. The van der Waals surface area contributed by atoms with E-state index in [0.29, 0.717) is 22.5 Å². The van der Waals surface area contributed by atoms with E-state index < -0.39 is 0 Å². The molecule has 0 bridgehead atoms. The molecular formula is C23H32N6O. The van der Waals surface area contributed by atoms with E-state index in [1.54, 1.807) is 18.2 Å². The molecule has 0 unspecified atom stereocenters. The second-order valence-corrected chi connectivity index (χ2v) is 9.40. The van der Waals surface area contributed by atoms with Gasteiger partial charge in [-0.25, -0.2) is 9.97 Å². The minimum Gasteiger partial charge on any atom is -0.384 e. The number of amides is 1. The highest BCUT2D eigenvalue weighted by Crippen LogP contribution is 2.53. The number of carbonyl (C=O) groups is 1. The Hall–Kier alpha value is -2.25. The number of fused-ring (bicyclic) bond motifs is 1. The van der Waals surface area contributed by atoms with E-state index in [4.69, 9.17) is 5.73 Å². The van der Waals surface area contributed by atoms with Crippen LogP contribution in [0.15, 0.2) is 24.3 Å². The Kier molecular flexibility index (Phi) is 5.33. The first-order chi connectivity index (χ1) is 14.6. The van der Waals surface area contributed by atoms with Gasteiger partial charge in [-0.05, 0) is 81.3 Å². The molecule has 0 aromatic carbocycles. The fourth-order valence-corrected chi connectivity index (χ4v) is 4.92. The summed E-state index contributed by atoms with van der Waals surface area (Å²) in [6, 6.07) is 7.27. The van der Waals surface area contributed by atoms with Crippen molar-refractivity contribution in [3.63, 3.8) is 0 Å². The SMILES string of the molecule is Nc1ccc2nc(C(=O)NC3CCN(CCN4CCC5(CC4)CC5)CC3)ccc2n1. The highest BCUT2D eigenvalue weighted by atomic mass is 16.1. The first-order valence-electron chi connectivity index (χ1n) is 11.4. The maximum atomic E-state index is 12.7. The summed E-state index contributed by atoms with van der Waals surface area (Å²) in [6.45, 7) is 7.01. The molecule has 0 radical (unpaired) electrons. The molecule has 1 saturated carbocycles. The van der Waals surface area contributed by atoms with Gasteiger partial charge in [0.1, 0.15) is 11.5 Å². The number of rotatable bonds is 5. The number of nitrogens with one attached hydrogen (secondary N) is 1. The lowest BCUT2D eigenvalue weighted by molar-refractivity contribution is 0.0896. The number of nitrogens with two attached hydrogens (primary N) is 1. The maximum absolute atomic E-state index is 12.7. The van der Waals surface area contributed by atoms with Crippen molar-refractivity contribution in [2.45, 2.75) is 44.6 Å². The minimum absolute atomic E-state index is 0.102. The summed E-state index contributed by atoms with van der Waals surface area (Å²) in [4.78, 5) is 26.5. The number of likely N-dealkylation sites (tertiary alicyclic amines) is 2. The zero-order chi connectivity index (χ0) is 20.6. The first kappa shape index (κ1) is 19.7. The number of hydrogen-bond donors (Lipinski definition) is 2. The first-order valence-corrected chi connectivity index (χ1v) is 11.4. The van der Waals surface area contributed by atoms with Crippen LogP contribution in [-0.2, 0) is 0 Å². The molecule has 2 saturated heterocycles. The Morgan fingerprint density at radius 2 is 1.57 bits per heavy atom. The Morgan fingerprint density at radius 1 is 0.933 bits per heavy atom. The Labute approximate surface area is 178 Å². The van der Waals surface area contributed by atoms with Crippen LogP contribution in [0.2, 0.25) is 0 Å². The third kappa shape index (κ3) is 4.42. The largest absolute Gasteiger partial charge is 0.384 e. The van der Waals surface area contributed by atoms with Crippen LogP contribution < -0.4 is 11.1 Å². The number of piperidine rings is 2. The minimum atomic E-state index is -0.102. The van der Waals surface area contributed by atoms with Crippen LogP contribution in [-0.4, -0.2) is 71.0 Å². The van der Waals surface area contributed by atoms with Crippen molar-refractivity contribution < 1.29 is 4.79 Å². The van der Waals surface area contributed by atoms with Crippen LogP contribution in [0.5, 0.6) is 0 Å². The third-order valence-electron chi connectivity index (χ3n) is 7.33. The zero-order valence-corrected chi connectivity index (χ0v) is 17.6. The molecule has 0 atom stereocenters. The molecule has 3 fully saturated rings. The van der Waals surface area contributed by atoms with Crippen molar-refractivity contribution >= 4 is 22.8 Å². The molecule has 2 aromatic rings. The molecule has 160 valence electrons. The van der Waals surface area contributed by atoms with Crippen LogP contribution in [0.4, 0.5) is 5.82 Å². The summed E-state index contributed by atoms with van der Waals surface area (Å²) in [5.74, 6) is 0.356. The molecule has 1 spiro atoms. The average molecular weight is 409 g/mol. The second-order valence-electron chi connectivity index (χ2n) is 9.40. The van der Waals surface area contributed by atoms with Gasteiger partial charge < -0.3 is 20.9 Å². The lowest BCUT2D eigenvalue weighted by Gasteiger charge is -2.36. The molecule has 2 aromatic heterocycles. The van der Waals surface area contributed by atoms with E-state index in [2.05, 4.69) is 25.1 Å². The van der Waals surface area contributed by atoms with Gasteiger partial charge in [-0.15, -0.1) is 0 Å². The molecule has 3 aliphatic rings. The molecule has 30 heavy (non-hydrogen) atoms. The summed E-state index contributed by atoms with van der Waals surface area (Å²) in [5, 5.41) is 3.17. The van der Waals surface area contributed by atoms with Crippen molar-refractivity contribution in [1.82, 2.24) is 25.1 Å². The fraction of sp³-hybridized carbons (Fsp3) is 0.609. The summed E-state index contributed by atoms with van der Waals surface area (Å²) in [7, 11) is 0. The molecule has 2 aliphatic heterocycles. The Morgan fingerprint density at radius 3 is 2.27 bits per heavy atom. The predicted molar refractivity (Wildman–Crippen MR) is 118 cm³/mol. The number of aromatic nitrogens is 2. The normalized spacial score (nSPS) is 22.4. The third-order valence-corrected chi connectivity index (χ3v) is 7.33. The van der Waals surface area contributed by atoms with Gasteiger partial charge in [-0.1, -0.05) is 0 Å². The molecule has 1 amide bonds. The number of pyridine rings is 2. The van der Waals surface area contributed by atoms with Gasteiger partial charge in [0.2, 0.25) is 0 Å². The summed E-state index contributed by atoms with van der Waals surface area (Å²) < 4.78 is 0. The second kappa shape index (κ2) is 8.12. The monoisotopic (exact) mass is 408 g/mol. The Bertz CT molecular complexity index is 909. The number of nitrogens with zero attached hydrogens (tertiary/aromatic N) is 4. The molecule has 5 rings (SSSR count). The molecule has 7 nitrogen and oxygen atoms in total. The van der Waals surface area contributed by atoms with Gasteiger partial charge in [-0.3, -0.25) is 4.79 Å². The smallest absolute Gasteiger partial charge is 0.270 e. The van der Waals surface area contributed by atoms with E-state index in [0.717, 1.165) is 37.9 Å². The van der Waals surface area contributed by atoms with Crippen LogP contribution in [0, 0.1) is 5.41 Å². The summed E-state index contributed by atoms with van der Waals surface area (Å²) in [5.41, 5.74) is 8.31. The van der Waals surface area contributed by atoms with E-state index >= 15 is 0 Å². The van der Waals surface area contributed by atoms with Crippen molar-refractivity contribution in [3.8, 4) is 0 Å². The van der Waals surface area contributed by atoms with Crippen molar-refractivity contribution in [3.05, 3.63) is 30.0 Å². The van der Waals surface area contributed by atoms with E-state index in [-0.39, 0.29) is 11.9 Å². The lowest BCUT2D eigenvalue weighted by Crippen LogP contribution is -2.47. The van der Waals surface area contributed by atoms with E-state index in [1.807, 2.05) is 6.07 Å². The molecule has 7 heteroatoms. The zero-order valence-electron chi connectivity index (χ0n) is 17.6. The molecule has 3 N–H and O–H groups in total. The average Bonchev–Trinajstić information content (AvgIpc) is 3.53. The lowest BCUT2D eigenvalue weighted by atomic mass is 9.94. The maximum Gasteiger partial charge on any atom is 0.270 e. The highest BCUT2D eigenvalue weighted by molar-refractivity contribution is 5.94. The van der Waals surface area contributed by atoms with Gasteiger partial charge in [0.15, 0.2) is 0 Å². The predicted octanol–water partition coefficient (Wildman–Crippen LogP) is 2.28. The van der Waals surface area contributed by atoms with Gasteiger partial charge in [0.05, 0.1) is 11.0 Å². The van der Waals surface area contributed by atoms with Crippen molar-refractivity contribution in [2.24, 2.45) is 5.41 Å². The number of nitrogen functional groups attached to an aromatic ring is 1. The van der Waals surface area contributed by atoms with Crippen molar-refractivity contribution in [1.29, 1.82) is 0 Å². The van der Waals surface area contributed by atoms with E-state index in [1.165, 1.54) is 45.3 Å². The van der Waals surface area contributed by atoms with Crippen LogP contribution in [0.3, 0.4) is 0 Å². The van der Waals surface area contributed by atoms with Gasteiger partial charge in [0, 0.05) is 32.2 Å².